The van der Waals surface area contributed by atoms with Gasteiger partial charge < -0.3 is 9.80 Å². The Bertz CT molecular complexity index is 1070. The van der Waals surface area contributed by atoms with Gasteiger partial charge in [0.25, 0.3) is 5.56 Å². The number of aryl methyl sites for hydroxylation is 1. The Morgan fingerprint density at radius 3 is 2.61 bits per heavy atom. The fourth-order valence-electron chi connectivity index (χ4n) is 5.94. The highest BCUT2D eigenvalue weighted by Gasteiger charge is 2.50. The van der Waals surface area contributed by atoms with Crippen LogP contribution in [0.2, 0.25) is 0 Å². The van der Waals surface area contributed by atoms with E-state index in [4.69, 9.17) is 0 Å². The van der Waals surface area contributed by atoms with Crippen LogP contribution in [0.1, 0.15) is 50.7 Å². The predicted molar refractivity (Wildman–Crippen MR) is 121 cm³/mol. The molecule has 1 aliphatic carbocycles. The third-order valence-corrected chi connectivity index (χ3v) is 8.14. The standard InChI is InChI=1S/C25H32N4O2/c1-17-22-16-18-7-8-19(21-9-10-23(30)27(3)26-21)15-20(18)25(17,2)11-14-29(22)24(31)28-12-5-4-6-13-28/h7-10,15,17,22H,4-6,11-14,16H2,1-3H3/t17-,22?,25-/m1/s1. The molecule has 1 aromatic heterocycles. The van der Waals surface area contributed by atoms with E-state index in [0.717, 1.165) is 56.6 Å². The zero-order valence-corrected chi connectivity index (χ0v) is 18.8. The lowest BCUT2D eigenvalue weighted by Crippen LogP contribution is -2.62. The van der Waals surface area contributed by atoms with Crippen molar-refractivity contribution in [3.63, 3.8) is 0 Å². The average Bonchev–Trinajstić information content (AvgIpc) is 2.78. The summed E-state index contributed by atoms with van der Waals surface area (Å²) in [6.07, 6.45) is 5.38. The first-order valence-electron chi connectivity index (χ1n) is 11.6. The highest BCUT2D eigenvalue weighted by molar-refractivity contribution is 5.75. The number of nitrogens with zero attached hydrogens (tertiary/aromatic N) is 4. The molecule has 2 bridgehead atoms. The number of hydrogen-bond acceptors (Lipinski definition) is 3. The molecular formula is C25H32N4O2. The third-order valence-electron chi connectivity index (χ3n) is 8.14. The Kier molecular flexibility index (Phi) is 4.91. The Balaban J connectivity index is 1.48. The van der Waals surface area contributed by atoms with Crippen LogP contribution in [0.15, 0.2) is 35.1 Å². The van der Waals surface area contributed by atoms with Crippen molar-refractivity contribution in [2.24, 2.45) is 13.0 Å². The van der Waals surface area contributed by atoms with E-state index in [1.807, 2.05) is 0 Å². The van der Waals surface area contributed by atoms with Gasteiger partial charge in [0.2, 0.25) is 0 Å². The summed E-state index contributed by atoms with van der Waals surface area (Å²) in [6.45, 7) is 7.31. The lowest BCUT2D eigenvalue weighted by atomic mass is 9.59. The van der Waals surface area contributed by atoms with E-state index in [0.29, 0.717) is 5.92 Å². The number of urea groups is 1. The summed E-state index contributed by atoms with van der Waals surface area (Å²) in [4.78, 5) is 29.3. The van der Waals surface area contributed by atoms with Crippen molar-refractivity contribution < 1.29 is 4.79 Å². The van der Waals surface area contributed by atoms with Gasteiger partial charge in [-0.2, -0.15) is 5.10 Å². The first-order valence-corrected chi connectivity index (χ1v) is 11.6. The van der Waals surface area contributed by atoms with Crippen LogP contribution in [0.4, 0.5) is 4.79 Å². The highest BCUT2D eigenvalue weighted by Crippen LogP contribution is 2.49. The van der Waals surface area contributed by atoms with Gasteiger partial charge in [0.05, 0.1) is 5.69 Å². The van der Waals surface area contributed by atoms with Gasteiger partial charge in [-0.1, -0.05) is 26.0 Å². The smallest absolute Gasteiger partial charge is 0.320 e. The van der Waals surface area contributed by atoms with Gasteiger partial charge in [-0.3, -0.25) is 4.79 Å². The van der Waals surface area contributed by atoms with Crippen molar-refractivity contribution in [3.05, 3.63) is 51.8 Å². The maximum Gasteiger partial charge on any atom is 0.320 e. The van der Waals surface area contributed by atoms with Crippen LogP contribution < -0.4 is 5.56 Å². The number of likely N-dealkylation sites (tertiary alicyclic amines) is 2. The second-order valence-corrected chi connectivity index (χ2v) is 9.80. The predicted octanol–water partition coefficient (Wildman–Crippen LogP) is 3.58. The van der Waals surface area contributed by atoms with Gasteiger partial charge >= 0.3 is 6.03 Å². The molecule has 1 aromatic carbocycles. The van der Waals surface area contributed by atoms with E-state index >= 15 is 0 Å². The van der Waals surface area contributed by atoms with Crippen molar-refractivity contribution in [2.75, 3.05) is 19.6 Å². The summed E-state index contributed by atoms with van der Waals surface area (Å²) in [7, 11) is 1.69. The number of piperidine rings is 2. The average molecular weight is 421 g/mol. The number of fused-ring (bicyclic) bond motifs is 4. The molecule has 3 aliphatic rings. The van der Waals surface area contributed by atoms with Crippen LogP contribution in [0.25, 0.3) is 11.3 Å². The maximum absolute atomic E-state index is 13.3. The number of carbonyl (C=O) groups excluding carboxylic acids is 1. The fourth-order valence-corrected chi connectivity index (χ4v) is 5.94. The molecule has 1 unspecified atom stereocenters. The summed E-state index contributed by atoms with van der Waals surface area (Å²) in [5, 5.41) is 4.45. The van der Waals surface area contributed by atoms with E-state index in [-0.39, 0.29) is 23.0 Å². The van der Waals surface area contributed by atoms with Gasteiger partial charge in [-0.15, -0.1) is 0 Å². The minimum atomic E-state index is -0.101. The second-order valence-electron chi connectivity index (χ2n) is 9.80. The molecule has 0 N–H and O–H groups in total. The van der Waals surface area contributed by atoms with Gasteiger partial charge in [0, 0.05) is 44.4 Å². The van der Waals surface area contributed by atoms with Crippen molar-refractivity contribution in [1.82, 2.24) is 19.6 Å². The molecule has 2 aliphatic heterocycles. The number of rotatable bonds is 1. The molecule has 2 fully saturated rings. The summed E-state index contributed by atoms with van der Waals surface area (Å²) < 4.78 is 1.39. The molecule has 164 valence electrons. The van der Waals surface area contributed by atoms with E-state index in [1.54, 1.807) is 19.2 Å². The lowest BCUT2D eigenvalue weighted by Gasteiger charge is -2.55. The molecule has 6 nitrogen and oxygen atoms in total. The lowest BCUT2D eigenvalue weighted by molar-refractivity contribution is 0.0386. The van der Waals surface area contributed by atoms with E-state index in [2.05, 4.69) is 46.9 Å². The normalized spacial score (nSPS) is 27.7. The maximum atomic E-state index is 13.3. The molecule has 2 aromatic rings. The Labute approximate surface area is 183 Å². The molecule has 6 heteroatoms. The van der Waals surface area contributed by atoms with Gasteiger partial charge in [-0.05, 0) is 66.7 Å². The quantitative estimate of drug-likeness (QED) is 0.709. The number of benzene rings is 1. The molecule has 3 atom stereocenters. The largest absolute Gasteiger partial charge is 0.325 e. The number of carbonyl (C=O) groups is 1. The van der Waals surface area contributed by atoms with E-state index < -0.39 is 0 Å². The molecule has 3 heterocycles. The summed E-state index contributed by atoms with van der Waals surface area (Å²) in [6, 6.07) is 10.5. The van der Waals surface area contributed by atoms with Crippen LogP contribution in [-0.2, 0) is 18.9 Å². The minimum absolute atomic E-state index is 0.0353. The van der Waals surface area contributed by atoms with Crippen LogP contribution in [0, 0.1) is 5.92 Å². The molecule has 2 amide bonds. The SMILES string of the molecule is C[C@@H]1C2Cc3ccc(-c4ccc(=O)n(C)n4)cc3[C@]1(C)CCN2C(=O)N1CCCCC1. The van der Waals surface area contributed by atoms with Crippen LogP contribution in [0.5, 0.6) is 0 Å². The molecule has 2 saturated heterocycles. The molecule has 31 heavy (non-hydrogen) atoms. The van der Waals surface area contributed by atoms with Crippen LogP contribution in [-0.4, -0.2) is 51.3 Å². The molecule has 0 radical (unpaired) electrons. The van der Waals surface area contributed by atoms with Gasteiger partial charge in [0.15, 0.2) is 0 Å². The summed E-state index contributed by atoms with van der Waals surface area (Å²) in [5.41, 5.74) is 4.53. The van der Waals surface area contributed by atoms with Crippen LogP contribution in [0.3, 0.4) is 0 Å². The monoisotopic (exact) mass is 420 g/mol. The first-order chi connectivity index (χ1) is 14.9. The zero-order chi connectivity index (χ0) is 21.8. The van der Waals surface area contributed by atoms with Crippen LogP contribution >= 0.6 is 0 Å². The van der Waals surface area contributed by atoms with Crippen molar-refractivity contribution >= 4 is 6.03 Å². The molecular weight excluding hydrogens is 388 g/mol. The van der Waals surface area contributed by atoms with Crippen molar-refractivity contribution in [2.45, 2.75) is 57.4 Å². The minimum Gasteiger partial charge on any atom is -0.325 e. The molecule has 0 saturated carbocycles. The number of aromatic nitrogens is 2. The highest BCUT2D eigenvalue weighted by atomic mass is 16.2. The van der Waals surface area contributed by atoms with Crippen molar-refractivity contribution in [3.8, 4) is 11.3 Å². The molecule has 0 spiro atoms. The van der Waals surface area contributed by atoms with Gasteiger partial charge in [0.1, 0.15) is 0 Å². The first kappa shape index (κ1) is 20.3. The molecule has 5 rings (SSSR count). The number of amides is 2. The fraction of sp³-hybridized carbons (Fsp3) is 0.560. The topological polar surface area (TPSA) is 58.4 Å². The zero-order valence-electron chi connectivity index (χ0n) is 18.8. The Hall–Kier alpha value is -2.63. The summed E-state index contributed by atoms with van der Waals surface area (Å²) in [5.74, 6) is 0.394. The van der Waals surface area contributed by atoms with Crippen molar-refractivity contribution in [1.29, 1.82) is 0 Å². The van der Waals surface area contributed by atoms with E-state index in [1.165, 1.54) is 22.2 Å². The Morgan fingerprint density at radius 1 is 1.10 bits per heavy atom. The summed E-state index contributed by atoms with van der Waals surface area (Å²) >= 11 is 0. The van der Waals surface area contributed by atoms with E-state index in [9.17, 15) is 9.59 Å². The van der Waals surface area contributed by atoms with Gasteiger partial charge in [-0.25, -0.2) is 9.48 Å². The second kappa shape index (κ2) is 7.50. The Morgan fingerprint density at radius 2 is 1.87 bits per heavy atom. The third kappa shape index (κ3) is 3.27. The number of hydrogen-bond donors (Lipinski definition) is 0.